The summed E-state index contributed by atoms with van der Waals surface area (Å²) in [5.41, 5.74) is 2.13. The van der Waals surface area contributed by atoms with Gasteiger partial charge in [0.15, 0.2) is 16.3 Å². The van der Waals surface area contributed by atoms with Gasteiger partial charge in [0.05, 0.1) is 42.7 Å². The second-order valence-corrected chi connectivity index (χ2v) is 11.6. The predicted octanol–water partition coefficient (Wildman–Crippen LogP) is 5.88. The summed E-state index contributed by atoms with van der Waals surface area (Å²) in [5.74, 6) is 0.458. The van der Waals surface area contributed by atoms with E-state index >= 15 is 0 Å². The fourth-order valence-corrected chi connectivity index (χ4v) is 7.07. The maximum absolute atomic E-state index is 14.3. The average Bonchev–Trinajstić information content (AvgIpc) is 3.30. The molecular weight excluding hydrogens is 616 g/mol. The minimum atomic E-state index is -0.805. The van der Waals surface area contributed by atoms with Crippen LogP contribution in [0.15, 0.2) is 92.3 Å². The van der Waals surface area contributed by atoms with E-state index in [1.807, 2.05) is 30.3 Å². The van der Waals surface area contributed by atoms with Crippen LogP contribution in [0.25, 0.3) is 27.6 Å². The normalized spacial score (nSPS) is 15.1. The standard InChI is InChI=1S/C33H27BrN2O5S/c1-5-41-32(38)29-18(2)35-33-36(30(29)24-15-26(39-3)27(40-4)17-25(24)34)31(37)28(42-33)16-23-21-12-8-6-10-19(21)14-20-11-7-9-13-22(20)23/h6-17,30H,5H2,1-4H3/b28-16-/t30-/m1/s1. The lowest BCUT2D eigenvalue weighted by Crippen LogP contribution is -2.40. The van der Waals surface area contributed by atoms with Gasteiger partial charge in [0, 0.05) is 4.47 Å². The molecule has 7 nitrogen and oxygen atoms in total. The maximum atomic E-state index is 14.3. The summed E-state index contributed by atoms with van der Waals surface area (Å²) in [5, 5.41) is 4.26. The lowest BCUT2D eigenvalue weighted by Gasteiger charge is -2.26. The Morgan fingerprint density at radius 3 is 2.24 bits per heavy atom. The van der Waals surface area contributed by atoms with Crippen molar-refractivity contribution in [1.29, 1.82) is 0 Å². The molecular formula is C33H27BrN2O5S. The number of esters is 1. The molecule has 0 spiro atoms. The summed E-state index contributed by atoms with van der Waals surface area (Å²) in [6.45, 7) is 3.70. The molecule has 0 unspecified atom stereocenters. The molecule has 0 N–H and O–H groups in total. The number of benzene rings is 4. The molecule has 212 valence electrons. The number of aromatic nitrogens is 1. The van der Waals surface area contributed by atoms with Crippen LogP contribution >= 0.6 is 27.3 Å². The largest absolute Gasteiger partial charge is 0.493 e. The monoisotopic (exact) mass is 642 g/mol. The second kappa shape index (κ2) is 11.2. The number of fused-ring (bicyclic) bond motifs is 3. The summed E-state index contributed by atoms with van der Waals surface area (Å²) < 4.78 is 19.3. The first-order valence-corrected chi connectivity index (χ1v) is 15.0. The first-order chi connectivity index (χ1) is 20.4. The molecule has 0 saturated carbocycles. The highest BCUT2D eigenvalue weighted by Gasteiger charge is 2.35. The third kappa shape index (κ3) is 4.62. The van der Waals surface area contributed by atoms with Gasteiger partial charge in [-0.1, -0.05) is 75.8 Å². The van der Waals surface area contributed by atoms with E-state index in [9.17, 15) is 9.59 Å². The smallest absolute Gasteiger partial charge is 0.338 e. The van der Waals surface area contributed by atoms with Crippen LogP contribution < -0.4 is 24.4 Å². The van der Waals surface area contributed by atoms with Crippen molar-refractivity contribution in [2.24, 2.45) is 4.99 Å². The number of nitrogens with zero attached hydrogens (tertiary/aromatic N) is 2. The highest BCUT2D eigenvalue weighted by Crippen LogP contribution is 2.41. The number of carbonyl (C=O) groups excluding carboxylic acids is 1. The van der Waals surface area contributed by atoms with Crippen LogP contribution in [0.2, 0.25) is 0 Å². The molecule has 0 amide bonds. The molecule has 2 heterocycles. The Balaban J connectivity index is 1.66. The molecule has 0 bridgehead atoms. The molecule has 4 aromatic carbocycles. The van der Waals surface area contributed by atoms with Crippen molar-refractivity contribution in [2.75, 3.05) is 20.8 Å². The van der Waals surface area contributed by atoms with Crippen LogP contribution in [0.5, 0.6) is 11.5 Å². The van der Waals surface area contributed by atoms with Gasteiger partial charge in [-0.2, -0.15) is 0 Å². The molecule has 1 atom stereocenters. The van der Waals surface area contributed by atoms with Gasteiger partial charge in [-0.25, -0.2) is 9.79 Å². The first kappa shape index (κ1) is 27.9. The van der Waals surface area contributed by atoms with Crippen molar-refractivity contribution in [3.8, 4) is 11.5 Å². The van der Waals surface area contributed by atoms with Crippen molar-refractivity contribution in [3.05, 3.63) is 113 Å². The van der Waals surface area contributed by atoms with Crippen LogP contribution in [0, 0.1) is 0 Å². The third-order valence-electron chi connectivity index (χ3n) is 7.40. The molecule has 0 fully saturated rings. The summed E-state index contributed by atoms with van der Waals surface area (Å²) in [7, 11) is 3.10. The third-order valence-corrected chi connectivity index (χ3v) is 9.07. The van der Waals surface area contributed by atoms with Crippen LogP contribution in [0.1, 0.15) is 31.0 Å². The molecule has 0 aliphatic carbocycles. The van der Waals surface area contributed by atoms with Crippen LogP contribution in [-0.2, 0) is 9.53 Å². The average molecular weight is 644 g/mol. The number of thiazole rings is 1. The quantitative estimate of drug-likeness (QED) is 0.171. The number of methoxy groups -OCH3 is 2. The lowest BCUT2D eigenvalue weighted by atomic mass is 9.95. The minimum Gasteiger partial charge on any atom is -0.493 e. The number of hydrogen-bond donors (Lipinski definition) is 0. The Hall–Kier alpha value is -4.21. The molecule has 0 saturated heterocycles. The number of hydrogen-bond acceptors (Lipinski definition) is 7. The van der Waals surface area contributed by atoms with Gasteiger partial charge in [-0.05, 0) is 70.8 Å². The fraction of sp³-hybridized carbons (Fsp3) is 0.182. The maximum Gasteiger partial charge on any atom is 0.338 e. The molecule has 0 radical (unpaired) electrons. The number of allylic oxidation sites excluding steroid dienone is 1. The van der Waals surface area contributed by atoms with E-state index in [1.54, 1.807) is 44.8 Å². The molecule has 1 aliphatic heterocycles. The summed E-state index contributed by atoms with van der Waals surface area (Å²) in [6.07, 6.45) is 1.94. The zero-order valence-corrected chi connectivity index (χ0v) is 25.8. The molecule has 1 aliphatic rings. The summed E-state index contributed by atoms with van der Waals surface area (Å²) in [4.78, 5) is 32.9. The second-order valence-electron chi connectivity index (χ2n) is 9.76. The highest BCUT2D eigenvalue weighted by molar-refractivity contribution is 9.10. The summed E-state index contributed by atoms with van der Waals surface area (Å²) >= 11 is 4.95. The van der Waals surface area contributed by atoms with Gasteiger partial charge in [0.2, 0.25) is 0 Å². The van der Waals surface area contributed by atoms with Crippen molar-refractivity contribution in [2.45, 2.75) is 19.9 Å². The van der Waals surface area contributed by atoms with Crippen molar-refractivity contribution in [1.82, 2.24) is 4.57 Å². The van der Waals surface area contributed by atoms with E-state index in [0.717, 1.165) is 27.1 Å². The van der Waals surface area contributed by atoms with Gasteiger partial charge >= 0.3 is 5.97 Å². The number of ether oxygens (including phenoxy) is 3. The Labute approximate surface area is 254 Å². The lowest BCUT2D eigenvalue weighted by molar-refractivity contribution is -0.139. The van der Waals surface area contributed by atoms with E-state index < -0.39 is 12.0 Å². The van der Waals surface area contributed by atoms with Crippen molar-refractivity contribution < 1.29 is 19.0 Å². The van der Waals surface area contributed by atoms with Gasteiger partial charge in [0.1, 0.15) is 0 Å². The zero-order chi connectivity index (χ0) is 29.5. The van der Waals surface area contributed by atoms with Gasteiger partial charge in [-0.15, -0.1) is 0 Å². The van der Waals surface area contributed by atoms with Gasteiger partial charge in [0.25, 0.3) is 5.56 Å². The molecule has 6 rings (SSSR count). The first-order valence-electron chi connectivity index (χ1n) is 13.4. The predicted molar refractivity (Wildman–Crippen MR) is 169 cm³/mol. The fourth-order valence-electron chi connectivity index (χ4n) is 5.50. The highest BCUT2D eigenvalue weighted by atomic mass is 79.9. The van der Waals surface area contributed by atoms with Crippen LogP contribution in [0.3, 0.4) is 0 Å². The molecule has 42 heavy (non-hydrogen) atoms. The Morgan fingerprint density at radius 1 is 1.00 bits per heavy atom. The molecule has 1 aromatic heterocycles. The van der Waals surface area contributed by atoms with E-state index in [1.165, 1.54) is 11.3 Å². The van der Waals surface area contributed by atoms with E-state index in [-0.39, 0.29) is 12.2 Å². The topological polar surface area (TPSA) is 79.1 Å². The zero-order valence-electron chi connectivity index (χ0n) is 23.4. The summed E-state index contributed by atoms with van der Waals surface area (Å²) in [6, 6.07) is 21.2. The van der Waals surface area contributed by atoms with Gasteiger partial charge < -0.3 is 14.2 Å². The van der Waals surface area contributed by atoms with E-state index in [2.05, 4.69) is 46.3 Å². The Kier molecular flexibility index (Phi) is 7.47. The SMILES string of the molecule is CCOC(=O)C1=C(C)N=c2s/c(=C\c3c4ccccc4cc4ccccc34)c(=O)n2[C@@H]1c1cc(OC)c(OC)cc1Br. The Morgan fingerprint density at radius 2 is 1.62 bits per heavy atom. The van der Waals surface area contributed by atoms with E-state index in [0.29, 0.717) is 42.1 Å². The van der Waals surface area contributed by atoms with Crippen LogP contribution in [0.4, 0.5) is 0 Å². The Bertz CT molecular complexity index is 2060. The number of rotatable bonds is 6. The van der Waals surface area contributed by atoms with Gasteiger partial charge in [-0.3, -0.25) is 9.36 Å². The van der Waals surface area contributed by atoms with Crippen LogP contribution in [-0.4, -0.2) is 31.4 Å². The van der Waals surface area contributed by atoms with E-state index in [4.69, 9.17) is 19.2 Å². The number of carbonyl (C=O) groups is 1. The molecule has 9 heteroatoms. The minimum absolute atomic E-state index is 0.189. The van der Waals surface area contributed by atoms with Crippen molar-refractivity contribution in [3.63, 3.8) is 0 Å². The van der Waals surface area contributed by atoms with Crippen molar-refractivity contribution >= 4 is 60.9 Å². The molecule has 5 aromatic rings. The number of halogens is 1.